The van der Waals surface area contributed by atoms with Crippen LogP contribution in [-0.2, 0) is 17.8 Å². The smallest absolute Gasteiger partial charge is 0.261 e. The van der Waals surface area contributed by atoms with Crippen LogP contribution in [0.5, 0.6) is 0 Å². The maximum Gasteiger partial charge on any atom is 0.261 e. The van der Waals surface area contributed by atoms with Crippen molar-refractivity contribution in [3.8, 4) is 0 Å². The van der Waals surface area contributed by atoms with E-state index in [1.807, 2.05) is 44.2 Å². The van der Waals surface area contributed by atoms with Gasteiger partial charge in [-0.1, -0.05) is 30.3 Å². The lowest BCUT2D eigenvalue weighted by atomic mass is 10.1. The zero-order chi connectivity index (χ0) is 22.0. The van der Waals surface area contributed by atoms with Gasteiger partial charge in [0.25, 0.3) is 17.7 Å². The number of amides is 3. The highest BCUT2D eigenvalue weighted by atomic mass is 16.2. The van der Waals surface area contributed by atoms with Crippen molar-refractivity contribution in [1.82, 2.24) is 25.1 Å². The van der Waals surface area contributed by atoms with Crippen LogP contribution >= 0.6 is 0 Å². The van der Waals surface area contributed by atoms with Crippen molar-refractivity contribution in [2.24, 2.45) is 0 Å². The van der Waals surface area contributed by atoms with E-state index < -0.39 is 0 Å². The number of carbonyl (C=O) groups is 3. The van der Waals surface area contributed by atoms with Crippen molar-refractivity contribution in [2.45, 2.75) is 32.9 Å². The number of para-hydroxylation sites is 1. The minimum atomic E-state index is -0.321. The Morgan fingerprint density at radius 2 is 1.58 bits per heavy atom. The fourth-order valence-electron chi connectivity index (χ4n) is 3.61. The first-order valence-electron chi connectivity index (χ1n) is 10.0. The average Bonchev–Trinajstić information content (AvgIpc) is 3.30. The van der Waals surface area contributed by atoms with Crippen molar-refractivity contribution in [2.75, 3.05) is 11.4 Å². The van der Waals surface area contributed by atoms with Crippen LogP contribution in [0.25, 0.3) is 0 Å². The number of anilines is 1. The zero-order valence-corrected chi connectivity index (χ0v) is 17.3. The molecule has 0 saturated carbocycles. The summed E-state index contributed by atoms with van der Waals surface area (Å²) in [6, 6.07) is 16.1. The number of rotatable bonds is 7. The molecule has 1 aromatic heterocycles. The Bertz CT molecular complexity index is 1090. The monoisotopic (exact) mass is 418 g/mol. The summed E-state index contributed by atoms with van der Waals surface area (Å²) >= 11 is 0. The van der Waals surface area contributed by atoms with Gasteiger partial charge >= 0.3 is 0 Å². The molecule has 3 aromatic rings. The van der Waals surface area contributed by atoms with Crippen LogP contribution in [0.3, 0.4) is 0 Å². The average molecular weight is 418 g/mol. The molecule has 1 aliphatic rings. The highest BCUT2D eigenvalue weighted by Gasteiger charge is 2.34. The number of nitrogens with zero attached hydrogens (tertiary/aromatic N) is 6. The number of benzene rings is 2. The molecule has 0 saturated heterocycles. The van der Waals surface area contributed by atoms with Gasteiger partial charge in [-0.25, -0.2) is 0 Å². The van der Waals surface area contributed by atoms with Crippen molar-refractivity contribution in [3.05, 3.63) is 71.5 Å². The molecule has 9 heteroatoms. The molecule has 0 aliphatic carbocycles. The minimum absolute atomic E-state index is 0.0354. The molecule has 9 nitrogen and oxygen atoms in total. The second-order valence-electron chi connectivity index (χ2n) is 7.49. The van der Waals surface area contributed by atoms with Gasteiger partial charge in [0.1, 0.15) is 6.54 Å². The molecule has 3 amide bonds. The Hall–Kier alpha value is -3.88. The molecule has 0 spiro atoms. The lowest BCUT2D eigenvalue weighted by molar-refractivity contribution is -0.119. The van der Waals surface area contributed by atoms with Gasteiger partial charge in [0.15, 0.2) is 5.82 Å². The van der Waals surface area contributed by atoms with Crippen LogP contribution in [-0.4, -0.2) is 55.4 Å². The number of tetrazole rings is 1. The second kappa shape index (κ2) is 8.47. The molecule has 0 bridgehead atoms. The number of carbonyl (C=O) groups excluding carboxylic acids is 3. The first kappa shape index (κ1) is 20.4. The van der Waals surface area contributed by atoms with E-state index in [-0.39, 0.29) is 43.3 Å². The standard InChI is InChI=1S/C22H22N6O3/c1-15(2)28(16-8-4-3-5-9-16)20(29)14-27-24-19(23-25-27)12-13-26-21(30)17-10-6-7-11-18(17)22(26)31/h3-11,15H,12-14H2,1-2H3. The first-order chi connectivity index (χ1) is 15.0. The van der Waals surface area contributed by atoms with Crippen molar-refractivity contribution in [3.63, 3.8) is 0 Å². The van der Waals surface area contributed by atoms with Crippen molar-refractivity contribution < 1.29 is 14.4 Å². The summed E-state index contributed by atoms with van der Waals surface area (Å²) in [5, 5.41) is 12.2. The molecule has 0 atom stereocenters. The number of hydrogen-bond donors (Lipinski definition) is 0. The van der Waals surface area contributed by atoms with E-state index in [1.54, 1.807) is 29.2 Å². The van der Waals surface area contributed by atoms with Crippen molar-refractivity contribution in [1.29, 1.82) is 0 Å². The molecule has 0 radical (unpaired) electrons. The van der Waals surface area contributed by atoms with E-state index in [0.717, 1.165) is 5.69 Å². The number of fused-ring (bicyclic) bond motifs is 1. The summed E-state index contributed by atoms with van der Waals surface area (Å²) < 4.78 is 0. The van der Waals surface area contributed by atoms with Gasteiger partial charge in [-0.15, -0.1) is 10.2 Å². The van der Waals surface area contributed by atoms with Gasteiger partial charge in [0.05, 0.1) is 11.1 Å². The fraction of sp³-hybridized carbons (Fsp3) is 0.273. The molecule has 0 fully saturated rings. The first-order valence-corrected chi connectivity index (χ1v) is 10.0. The Kier molecular flexibility index (Phi) is 5.57. The maximum atomic E-state index is 12.8. The predicted molar refractivity (Wildman–Crippen MR) is 112 cm³/mol. The van der Waals surface area contributed by atoms with Crippen molar-refractivity contribution >= 4 is 23.4 Å². The second-order valence-corrected chi connectivity index (χ2v) is 7.49. The van der Waals surface area contributed by atoms with Crippen LogP contribution in [0, 0.1) is 0 Å². The summed E-state index contributed by atoms with van der Waals surface area (Å²) in [5.74, 6) is -0.442. The van der Waals surface area contributed by atoms with Crippen LogP contribution < -0.4 is 4.90 Å². The fourth-order valence-corrected chi connectivity index (χ4v) is 3.61. The molecule has 2 heterocycles. The van der Waals surface area contributed by atoms with E-state index in [1.165, 1.54) is 9.70 Å². The van der Waals surface area contributed by atoms with Gasteiger partial charge < -0.3 is 4.90 Å². The molecule has 4 rings (SSSR count). The summed E-state index contributed by atoms with van der Waals surface area (Å²) in [6.07, 6.45) is 0.256. The Morgan fingerprint density at radius 1 is 0.968 bits per heavy atom. The number of hydrogen-bond acceptors (Lipinski definition) is 6. The number of aromatic nitrogens is 4. The summed E-state index contributed by atoms with van der Waals surface area (Å²) in [6.45, 7) is 3.96. The SMILES string of the molecule is CC(C)N(C(=O)Cn1nnc(CCN2C(=O)c3ccccc3C2=O)n1)c1ccccc1. The summed E-state index contributed by atoms with van der Waals surface area (Å²) in [5.41, 5.74) is 1.61. The molecule has 0 unspecified atom stereocenters. The minimum Gasteiger partial charge on any atom is -0.308 e. The molecule has 1 aliphatic heterocycles. The third-order valence-corrected chi connectivity index (χ3v) is 5.03. The molecular weight excluding hydrogens is 396 g/mol. The predicted octanol–water partition coefficient (Wildman–Crippen LogP) is 1.95. The van der Waals surface area contributed by atoms with Gasteiger partial charge in [-0.3, -0.25) is 19.3 Å². The Morgan fingerprint density at radius 3 is 2.19 bits per heavy atom. The summed E-state index contributed by atoms with van der Waals surface area (Å²) in [4.78, 5) is 41.8. The third-order valence-electron chi connectivity index (χ3n) is 5.03. The maximum absolute atomic E-state index is 12.8. The number of imide groups is 1. The molecule has 158 valence electrons. The summed E-state index contributed by atoms with van der Waals surface area (Å²) in [7, 11) is 0. The van der Waals surface area contributed by atoms with E-state index >= 15 is 0 Å². The Labute approximate surface area is 179 Å². The quantitative estimate of drug-likeness (QED) is 0.544. The normalized spacial score (nSPS) is 13.1. The Balaban J connectivity index is 1.39. The van der Waals surface area contributed by atoms with E-state index in [2.05, 4.69) is 15.4 Å². The van der Waals surface area contributed by atoms with Gasteiger partial charge in [0.2, 0.25) is 0 Å². The lowest BCUT2D eigenvalue weighted by Gasteiger charge is -2.26. The van der Waals surface area contributed by atoms with Crippen LogP contribution in [0.4, 0.5) is 5.69 Å². The molecule has 2 aromatic carbocycles. The lowest BCUT2D eigenvalue weighted by Crippen LogP contribution is -2.39. The largest absolute Gasteiger partial charge is 0.308 e. The van der Waals surface area contributed by atoms with Crippen LogP contribution in [0.2, 0.25) is 0 Å². The highest BCUT2D eigenvalue weighted by molar-refractivity contribution is 6.21. The molecule has 0 N–H and O–H groups in total. The molecule has 31 heavy (non-hydrogen) atoms. The van der Waals surface area contributed by atoms with Gasteiger partial charge in [-0.2, -0.15) is 4.80 Å². The van der Waals surface area contributed by atoms with Gasteiger partial charge in [0, 0.05) is 24.7 Å². The van der Waals surface area contributed by atoms with E-state index in [0.29, 0.717) is 17.0 Å². The van der Waals surface area contributed by atoms with E-state index in [9.17, 15) is 14.4 Å². The van der Waals surface area contributed by atoms with E-state index in [4.69, 9.17) is 0 Å². The molecular formula is C22H22N6O3. The third kappa shape index (κ3) is 4.07. The van der Waals surface area contributed by atoms with Crippen LogP contribution in [0.15, 0.2) is 54.6 Å². The highest BCUT2D eigenvalue weighted by Crippen LogP contribution is 2.22. The van der Waals surface area contributed by atoms with Crippen LogP contribution in [0.1, 0.15) is 40.4 Å². The topological polar surface area (TPSA) is 101 Å². The van der Waals surface area contributed by atoms with Gasteiger partial charge in [-0.05, 0) is 43.3 Å². The zero-order valence-electron chi connectivity index (χ0n) is 17.3.